The smallest absolute Gasteiger partial charge is 0.339 e. The minimum atomic E-state index is -0.568. The second kappa shape index (κ2) is 9.01. The van der Waals surface area contributed by atoms with Crippen molar-refractivity contribution in [3.63, 3.8) is 0 Å². The normalized spacial score (nSPS) is 14.4. The number of hydrogen-bond acceptors (Lipinski definition) is 7. The van der Waals surface area contributed by atoms with Crippen LogP contribution in [0.2, 0.25) is 5.02 Å². The van der Waals surface area contributed by atoms with Crippen LogP contribution in [0.15, 0.2) is 18.2 Å². The second-order valence-electron chi connectivity index (χ2n) is 6.05. The van der Waals surface area contributed by atoms with E-state index >= 15 is 0 Å². The molecule has 0 saturated carbocycles. The maximum atomic E-state index is 12.3. The van der Waals surface area contributed by atoms with E-state index in [1.807, 2.05) is 0 Å². The Kier molecular flexibility index (Phi) is 6.46. The number of rotatable bonds is 4. The molecule has 144 valence electrons. The Morgan fingerprint density at radius 1 is 1.15 bits per heavy atom. The summed E-state index contributed by atoms with van der Waals surface area (Å²) in [6, 6.07) is 3.98. The average Bonchev–Trinajstić information content (AvgIpc) is 2.93. The first-order valence-electron chi connectivity index (χ1n) is 8.61. The fourth-order valence-corrected chi connectivity index (χ4v) is 3.78. The lowest BCUT2D eigenvalue weighted by Crippen LogP contribution is -2.23. The lowest BCUT2D eigenvalue weighted by Gasteiger charge is -2.17. The van der Waals surface area contributed by atoms with Crippen molar-refractivity contribution in [2.45, 2.75) is 25.7 Å². The molecule has 0 bridgehead atoms. The number of nitrogens with zero attached hydrogens (tertiary/aromatic N) is 3. The van der Waals surface area contributed by atoms with Gasteiger partial charge >= 0.3 is 12.0 Å². The predicted molar refractivity (Wildman–Crippen MR) is 106 cm³/mol. The van der Waals surface area contributed by atoms with E-state index in [4.69, 9.17) is 16.3 Å². The molecule has 10 heteroatoms. The van der Waals surface area contributed by atoms with Crippen molar-refractivity contribution in [1.82, 2.24) is 10.2 Å². The number of methoxy groups -OCH3 is 1. The van der Waals surface area contributed by atoms with Crippen molar-refractivity contribution in [2.75, 3.05) is 35.7 Å². The summed E-state index contributed by atoms with van der Waals surface area (Å²) in [4.78, 5) is 26.3. The lowest BCUT2D eigenvalue weighted by molar-refractivity contribution is 0.0602. The number of carbonyl (C=O) groups is 2. The zero-order chi connectivity index (χ0) is 19.2. The van der Waals surface area contributed by atoms with Crippen molar-refractivity contribution in [1.29, 1.82) is 0 Å². The van der Waals surface area contributed by atoms with Gasteiger partial charge in [0.1, 0.15) is 0 Å². The molecule has 0 radical (unpaired) electrons. The molecule has 0 atom stereocenters. The summed E-state index contributed by atoms with van der Waals surface area (Å²) in [5.74, 6) is -0.568. The summed E-state index contributed by atoms with van der Waals surface area (Å²) >= 11 is 7.28. The van der Waals surface area contributed by atoms with Gasteiger partial charge in [-0.15, -0.1) is 10.2 Å². The van der Waals surface area contributed by atoms with E-state index in [2.05, 4.69) is 25.7 Å². The summed E-state index contributed by atoms with van der Waals surface area (Å²) in [6.45, 7) is 1.90. The largest absolute Gasteiger partial charge is 0.465 e. The van der Waals surface area contributed by atoms with Crippen LogP contribution in [0.3, 0.4) is 0 Å². The zero-order valence-corrected chi connectivity index (χ0v) is 16.4. The molecule has 1 saturated heterocycles. The minimum Gasteiger partial charge on any atom is -0.465 e. The highest BCUT2D eigenvalue weighted by atomic mass is 35.5. The topological polar surface area (TPSA) is 96.4 Å². The summed E-state index contributed by atoms with van der Waals surface area (Å²) in [5, 5.41) is 15.0. The minimum absolute atomic E-state index is 0.208. The summed E-state index contributed by atoms with van der Waals surface area (Å²) in [5.41, 5.74) is 0.462. The molecule has 1 aromatic carbocycles. The third kappa shape index (κ3) is 5.08. The van der Waals surface area contributed by atoms with Crippen LogP contribution < -0.4 is 15.5 Å². The molecule has 27 heavy (non-hydrogen) atoms. The SMILES string of the molecule is COC(=O)c1ccc(Cl)cc1NC(=O)Nc1nnc(N2CCCCCC2)s1. The van der Waals surface area contributed by atoms with Crippen molar-refractivity contribution in [3.05, 3.63) is 28.8 Å². The Balaban J connectivity index is 1.66. The second-order valence-corrected chi connectivity index (χ2v) is 7.44. The van der Waals surface area contributed by atoms with Crippen LogP contribution in [0.4, 0.5) is 20.7 Å². The number of anilines is 3. The molecule has 2 aromatic rings. The molecule has 1 aromatic heterocycles. The highest BCUT2D eigenvalue weighted by Crippen LogP contribution is 2.27. The molecule has 2 N–H and O–H groups in total. The van der Waals surface area contributed by atoms with Gasteiger partial charge in [0.25, 0.3) is 0 Å². The van der Waals surface area contributed by atoms with Crippen LogP contribution in [-0.4, -0.2) is 42.4 Å². The molecule has 1 aliphatic heterocycles. The Labute approximate surface area is 165 Å². The van der Waals surface area contributed by atoms with Gasteiger partial charge in [0.15, 0.2) is 0 Å². The van der Waals surface area contributed by atoms with Crippen molar-refractivity contribution >= 4 is 50.9 Å². The van der Waals surface area contributed by atoms with Gasteiger partial charge in [0.2, 0.25) is 10.3 Å². The van der Waals surface area contributed by atoms with E-state index in [9.17, 15) is 9.59 Å². The van der Waals surface area contributed by atoms with Crippen LogP contribution in [-0.2, 0) is 4.74 Å². The maximum absolute atomic E-state index is 12.3. The Morgan fingerprint density at radius 2 is 1.89 bits per heavy atom. The number of halogens is 1. The fraction of sp³-hybridized carbons (Fsp3) is 0.412. The van der Waals surface area contributed by atoms with E-state index in [1.54, 1.807) is 6.07 Å². The van der Waals surface area contributed by atoms with Crippen LogP contribution in [0.5, 0.6) is 0 Å². The molecule has 0 spiro atoms. The zero-order valence-electron chi connectivity index (χ0n) is 14.8. The number of aromatic nitrogens is 2. The van der Waals surface area contributed by atoms with Gasteiger partial charge in [-0.25, -0.2) is 9.59 Å². The lowest BCUT2D eigenvalue weighted by atomic mass is 10.2. The average molecular weight is 410 g/mol. The van der Waals surface area contributed by atoms with Gasteiger partial charge < -0.3 is 15.0 Å². The van der Waals surface area contributed by atoms with E-state index in [0.29, 0.717) is 10.2 Å². The van der Waals surface area contributed by atoms with Gasteiger partial charge in [0, 0.05) is 18.1 Å². The van der Waals surface area contributed by atoms with Crippen LogP contribution >= 0.6 is 22.9 Å². The van der Waals surface area contributed by atoms with Crippen molar-refractivity contribution < 1.29 is 14.3 Å². The molecule has 0 aliphatic carbocycles. The van der Waals surface area contributed by atoms with E-state index < -0.39 is 12.0 Å². The number of carbonyl (C=O) groups excluding carboxylic acids is 2. The number of ether oxygens (including phenoxy) is 1. The van der Waals surface area contributed by atoms with Crippen molar-refractivity contribution in [2.24, 2.45) is 0 Å². The van der Waals surface area contributed by atoms with Gasteiger partial charge in [-0.05, 0) is 31.0 Å². The summed E-state index contributed by atoms with van der Waals surface area (Å²) < 4.78 is 4.72. The van der Waals surface area contributed by atoms with E-state index in [1.165, 1.54) is 43.4 Å². The molecule has 8 nitrogen and oxygen atoms in total. The molecule has 2 amide bonds. The van der Waals surface area contributed by atoms with E-state index in [0.717, 1.165) is 31.1 Å². The molecular formula is C17H20ClN5O3S. The quantitative estimate of drug-likeness (QED) is 0.741. The first-order valence-corrected chi connectivity index (χ1v) is 9.80. The Morgan fingerprint density at radius 3 is 2.59 bits per heavy atom. The number of hydrogen-bond donors (Lipinski definition) is 2. The summed E-state index contributed by atoms with van der Waals surface area (Å²) in [7, 11) is 1.27. The van der Waals surface area contributed by atoms with Crippen LogP contribution in [0.1, 0.15) is 36.0 Å². The maximum Gasteiger partial charge on any atom is 0.339 e. The summed E-state index contributed by atoms with van der Waals surface area (Å²) in [6.07, 6.45) is 4.72. The predicted octanol–water partition coefficient (Wildman–Crippen LogP) is 4.00. The van der Waals surface area contributed by atoms with Gasteiger partial charge in [0.05, 0.1) is 18.4 Å². The number of esters is 1. The van der Waals surface area contributed by atoms with E-state index in [-0.39, 0.29) is 11.3 Å². The molecule has 2 heterocycles. The molecule has 3 rings (SSSR count). The number of amides is 2. The van der Waals surface area contributed by atoms with Gasteiger partial charge in [-0.1, -0.05) is 35.8 Å². The van der Waals surface area contributed by atoms with Gasteiger partial charge in [-0.2, -0.15) is 0 Å². The number of urea groups is 1. The third-order valence-corrected chi connectivity index (χ3v) is 5.28. The first kappa shape index (κ1) is 19.4. The van der Waals surface area contributed by atoms with Crippen molar-refractivity contribution in [3.8, 4) is 0 Å². The van der Waals surface area contributed by atoms with Gasteiger partial charge in [-0.3, -0.25) is 5.32 Å². The Bertz CT molecular complexity index is 821. The molecule has 1 fully saturated rings. The van der Waals surface area contributed by atoms with Crippen LogP contribution in [0, 0.1) is 0 Å². The van der Waals surface area contributed by atoms with Crippen LogP contribution in [0.25, 0.3) is 0 Å². The fourth-order valence-electron chi connectivity index (χ4n) is 2.81. The Hall–Kier alpha value is -2.39. The molecule has 0 unspecified atom stereocenters. The molecule has 1 aliphatic rings. The molecular weight excluding hydrogens is 390 g/mol. The third-order valence-electron chi connectivity index (χ3n) is 4.15. The monoisotopic (exact) mass is 409 g/mol. The highest BCUT2D eigenvalue weighted by Gasteiger charge is 2.18. The first-order chi connectivity index (χ1) is 13.1. The number of nitrogens with one attached hydrogen (secondary N) is 2. The highest BCUT2D eigenvalue weighted by molar-refractivity contribution is 7.19. The number of benzene rings is 1. The standard InChI is InChI=1S/C17H20ClN5O3S/c1-26-14(24)12-7-6-11(18)10-13(12)19-15(25)20-16-21-22-17(27-16)23-8-4-2-3-5-9-23/h6-7,10H,2-5,8-9H2,1H3,(H2,19,20,21,25).